The van der Waals surface area contributed by atoms with Gasteiger partial charge in [0.15, 0.2) is 0 Å². The number of nitrogens with one attached hydrogen (secondary N) is 1. The highest BCUT2D eigenvalue weighted by Crippen LogP contribution is 2.18. The maximum Gasteiger partial charge on any atom is 0.0236 e. The van der Waals surface area contributed by atoms with Crippen molar-refractivity contribution in [1.82, 2.24) is 10.2 Å². The molecule has 0 amide bonds. The molecule has 2 nitrogen and oxygen atoms in total. The van der Waals surface area contributed by atoms with Gasteiger partial charge in [0.25, 0.3) is 0 Å². The molecule has 0 saturated heterocycles. The first kappa shape index (κ1) is 16.5. The molecule has 1 aliphatic carbocycles. The second kappa shape index (κ2) is 7.95. The van der Waals surface area contributed by atoms with Gasteiger partial charge in [-0.3, -0.25) is 4.90 Å². The van der Waals surface area contributed by atoms with E-state index in [1.807, 2.05) is 0 Å². The van der Waals surface area contributed by atoms with Gasteiger partial charge in [-0.15, -0.1) is 0 Å². The molecule has 1 fully saturated rings. The Morgan fingerprint density at radius 2 is 1.67 bits per heavy atom. The molecule has 1 saturated carbocycles. The van der Waals surface area contributed by atoms with Gasteiger partial charge in [-0.2, -0.15) is 0 Å². The maximum absolute atomic E-state index is 3.58. The Kier molecular flexibility index (Phi) is 6.25. The van der Waals surface area contributed by atoms with Crippen LogP contribution >= 0.6 is 0 Å². The largest absolute Gasteiger partial charge is 0.314 e. The standard InChI is InChI=1S/C19H32N2/c1-15(2)13-21(16(3)4)14-18-7-5-17(6-8-18)11-12-20-19-9-10-19/h5-8,15-16,19-20H,9-14H2,1-4H3. The van der Waals surface area contributed by atoms with Gasteiger partial charge in [0.05, 0.1) is 0 Å². The average molecular weight is 288 g/mol. The molecule has 2 heteroatoms. The Bertz CT molecular complexity index is 404. The molecule has 0 aromatic heterocycles. The third-order valence-electron chi connectivity index (χ3n) is 4.16. The van der Waals surface area contributed by atoms with E-state index in [-0.39, 0.29) is 0 Å². The van der Waals surface area contributed by atoms with Crippen LogP contribution in [0.15, 0.2) is 24.3 Å². The zero-order chi connectivity index (χ0) is 15.2. The Morgan fingerprint density at radius 1 is 1.05 bits per heavy atom. The van der Waals surface area contributed by atoms with E-state index in [1.165, 1.54) is 30.5 Å². The first-order valence-electron chi connectivity index (χ1n) is 8.60. The van der Waals surface area contributed by atoms with E-state index in [1.54, 1.807) is 0 Å². The van der Waals surface area contributed by atoms with Gasteiger partial charge >= 0.3 is 0 Å². The number of benzene rings is 1. The van der Waals surface area contributed by atoms with E-state index < -0.39 is 0 Å². The summed E-state index contributed by atoms with van der Waals surface area (Å²) in [4.78, 5) is 2.56. The van der Waals surface area contributed by atoms with E-state index in [0.29, 0.717) is 6.04 Å². The van der Waals surface area contributed by atoms with Crippen LogP contribution in [-0.2, 0) is 13.0 Å². The maximum atomic E-state index is 3.58. The van der Waals surface area contributed by atoms with E-state index in [9.17, 15) is 0 Å². The number of rotatable bonds is 9. The van der Waals surface area contributed by atoms with E-state index in [0.717, 1.165) is 31.5 Å². The van der Waals surface area contributed by atoms with Gasteiger partial charge in [-0.1, -0.05) is 38.1 Å². The predicted octanol–water partition coefficient (Wildman–Crippen LogP) is 3.85. The molecule has 0 heterocycles. The van der Waals surface area contributed by atoms with Crippen molar-refractivity contribution in [3.05, 3.63) is 35.4 Å². The van der Waals surface area contributed by atoms with Crippen LogP contribution in [0.4, 0.5) is 0 Å². The molecular weight excluding hydrogens is 256 g/mol. The summed E-state index contributed by atoms with van der Waals surface area (Å²) in [5, 5.41) is 3.58. The molecule has 0 radical (unpaired) electrons. The second-order valence-electron chi connectivity index (χ2n) is 7.21. The lowest BCUT2D eigenvalue weighted by molar-refractivity contribution is 0.189. The molecular formula is C19H32N2. The Hall–Kier alpha value is -0.860. The molecule has 1 aromatic rings. The zero-order valence-corrected chi connectivity index (χ0v) is 14.2. The summed E-state index contributed by atoms with van der Waals surface area (Å²) in [5.74, 6) is 0.722. The Balaban J connectivity index is 1.81. The molecule has 118 valence electrons. The molecule has 1 N–H and O–H groups in total. The van der Waals surface area contributed by atoms with Crippen LogP contribution in [-0.4, -0.2) is 30.1 Å². The van der Waals surface area contributed by atoms with Crippen molar-refractivity contribution in [2.24, 2.45) is 5.92 Å². The average Bonchev–Trinajstić information content (AvgIpc) is 3.23. The number of hydrogen-bond donors (Lipinski definition) is 1. The monoisotopic (exact) mass is 288 g/mol. The minimum absolute atomic E-state index is 0.606. The molecule has 1 aliphatic rings. The summed E-state index contributed by atoms with van der Waals surface area (Å²) < 4.78 is 0. The summed E-state index contributed by atoms with van der Waals surface area (Å²) in [6, 6.07) is 10.6. The van der Waals surface area contributed by atoms with Crippen molar-refractivity contribution in [3.63, 3.8) is 0 Å². The normalized spacial score (nSPS) is 15.4. The van der Waals surface area contributed by atoms with Crippen molar-refractivity contribution in [1.29, 1.82) is 0 Å². The van der Waals surface area contributed by atoms with Gasteiger partial charge in [0.1, 0.15) is 0 Å². The molecule has 0 aliphatic heterocycles. The SMILES string of the molecule is CC(C)CN(Cc1ccc(CCNC2CC2)cc1)C(C)C. The Labute approximate surface area is 130 Å². The van der Waals surface area contributed by atoms with Gasteiger partial charge < -0.3 is 5.32 Å². The summed E-state index contributed by atoms with van der Waals surface area (Å²) in [5.41, 5.74) is 2.88. The van der Waals surface area contributed by atoms with Crippen LogP contribution in [0.5, 0.6) is 0 Å². The summed E-state index contributed by atoms with van der Waals surface area (Å²) in [6.45, 7) is 12.5. The number of nitrogens with zero attached hydrogens (tertiary/aromatic N) is 1. The van der Waals surface area contributed by atoms with Crippen molar-refractivity contribution in [2.45, 2.75) is 65.6 Å². The van der Waals surface area contributed by atoms with Crippen LogP contribution in [0.25, 0.3) is 0 Å². The smallest absolute Gasteiger partial charge is 0.0236 e. The molecule has 0 bridgehead atoms. The molecule has 21 heavy (non-hydrogen) atoms. The van der Waals surface area contributed by atoms with E-state index >= 15 is 0 Å². The van der Waals surface area contributed by atoms with Gasteiger partial charge in [0.2, 0.25) is 0 Å². The highest BCUT2D eigenvalue weighted by Gasteiger charge is 2.19. The highest BCUT2D eigenvalue weighted by atomic mass is 15.1. The van der Waals surface area contributed by atoms with Crippen LogP contribution < -0.4 is 5.32 Å². The quantitative estimate of drug-likeness (QED) is 0.742. The van der Waals surface area contributed by atoms with Crippen LogP contribution in [0.3, 0.4) is 0 Å². The molecule has 1 aromatic carbocycles. The first-order valence-corrected chi connectivity index (χ1v) is 8.60. The minimum Gasteiger partial charge on any atom is -0.314 e. The molecule has 2 rings (SSSR count). The topological polar surface area (TPSA) is 15.3 Å². The van der Waals surface area contributed by atoms with Gasteiger partial charge in [-0.05, 0) is 56.7 Å². The third-order valence-corrected chi connectivity index (χ3v) is 4.16. The van der Waals surface area contributed by atoms with Crippen molar-refractivity contribution >= 4 is 0 Å². The fourth-order valence-corrected chi connectivity index (χ4v) is 2.68. The van der Waals surface area contributed by atoms with Crippen molar-refractivity contribution in [2.75, 3.05) is 13.1 Å². The highest BCUT2D eigenvalue weighted by molar-refractivity contribution is 5.23. The van der Waals surface area contributed by atoms with Crippen LogP contribution in [0.2, 0.25) is 0 Å². The fourth-order valence-electron chi connectivity index (χ4n) is 2.68. The zero-order valence-electron chi connectivity index (χ0n) is 14.2. The van der Waals surface area contributed by atoms with Crippen LogP contribution in [0, 0.1) is 5.92 Å². The van der Waals surface area contributed by atoms with Gasteiger partial charge in [0, 0.05) is 25.2 Å². The third kappa shape index (κ3) is 6.19. The van der Waals surface area contributed by atoms with Crippen molar-refractivity contribution in [3.8, 4) is 0 Å². The summed E-state index contributed by atoms with van der Waals surface area (Å²) >= 11 is 0. The minimum atomic E-state index is 0.606. The van der Waals surface area contributed by atoms with E-state index in [2.05, 4.69) is 62.2 Å². The van der Waals surface area contributed by atoms with Crippen LogP contribution in [0.1, 0.15) is 51.7 Å². The van der Waals surface area contributed by atoms with Gasteiger partial charge in [-0.25, -0.2) is 0 Å². The van der Waals surface area contributed by atoms with E-state index in [4.69, 9.17) is 0 Å². The molecule has 0 atom stereocenters. The second-order valence-corrected chi connectivity index (χ2v) is 7.21. The lowest BCUT2D eigenvalue weighted by Gasteiger charge is -2.28. The first-order chi connectivity index (χ1) is 10.0. The Morgan fingerprint density at radius 3 is 2.19 bits per heavy atom. The summed E-state index contributed by atoms with van der Waals surface area (Å²) in [7, 11) is 0. The molecule has 0 unspecified atom stereocenters. The molecule has 0 spiro atoms. The van der Waals surface area contributed by atoms with Crippen molar-refractivity contribution < 1.29 is 0 Å². The number of hydrogen-bond acceptors (Lipinski definition) is 2. The lowest BCUT2D eigenvalue weighted by atomic mass is 10.1. The predicted molar refractivity (Wildman–Crippen MR) is 91.6 cm³/mol. The summed E-state index contributed by atoms with van der Waals surface area (Å²) in [6.07, 6.45) is 3.90. The lowest BCUT2D eigenvalue weighted by Crippen LogP contribution is -2.33. The fraction of sp³-hybridized carbons (Fsp3) is 0.684.